The summed E-state index contributed by atoms with van der Waals surface area (Å²) >= 11 is 1.36. The Morgan fingerprint density at radius 2 is 1.96 bits per heavy atom. The first-order valence-electron chi connectivity index (χ1n) is 7.77. The normalized spacial score (nSPS) is 10.7. The topological polar surface area (TPSA) is 119 Å². The number of nitrogens with zero attached hydrogens (tertiary/aromatic N) is 4. The van der Waals surface area contributed by atoms with Crippen LogP contribution < -0.4 is 16.2 Å². The Labute approximate surface area is 152 Å². The van der Waals surface area contributed by atoms with E-state index in [0.717, 1.165) is 15.3 Å². The molecule has 134 valence electrons. The minimum Gasteiger partial charge on any atom is -0.345 e. The Morgan fingerprint density at radius 1 is 1.19 bits per heavy atom. The van der Waals surface area contributed by atoms with Gasteiger partial charge in [-0.1, -0.05) is 17.3 Å². The van der Waals surface area contributed by atoms with E-state index < -0.39 is 17.4 Å². The second-order valence-corrected chi connectivity index (χ2v) is 6.76. The molecule has 0 aliphatic rings. The average molecular weight is 372 g/mol. The van der Waals surface area contributed by atoms with Crippen LogP contribution in [-0.2, 0) is 16.1 Å². The summed E-state index contributed by atoms with van der Waals surface area (Å²) in [7, 11) is 0. The Balaban J connectivity index is 1.58. The number of benzene rings is 1. The molecule has 0 aliphatic heterocycles. The van der Waals surface area contributed by atoms with Crippen molar-refractivity contribution in [3.05, 3.63) is 45.2 Å². The fourth-order valence-corrected chi connectivity index (χ4v) is 3.02. The second kappa shape index (κ2) is 7.40. The number of hydrogen-bond acceptors (Lipinski definition) is 7. The summed E-state index contributed by atoms with van der Waals surface area (Å²) in [6, 6.07) is 6.74. The van der Waals surface area contributed by atoms with E-state index >= 15 is 0 Å². The van der Waals surface area contributed by atoms with Gasteiger partial charge in [0.2, 0.25) is 11.8 Å². The van der Waals surface area contributed by atoms with E-state index in [2.05, 4.69) is 25.9 Å². The zero-order valence-electron chi connectivity index (χ0n) is 14.1. The van der Waals surface area contributed by atoms with Crippen molar-refractivity contribution in [3.8, 4) is 0 Å². The van der Waals surface area contributed by atoms with Gasteiger partial charge < -0.3 is 10.6 Å². The molecule has 0 spiro atoms. The molecule has 9 nitrogen and oxygen atoms in total. The first-order chi connectivity index (χ1) is 12.4. The van der Waals surface area contributed by atoms with Crippen LogP contribution in [0.25, 0.3) is 10.9 Å². The molecule has 0 bridgehead atoms. The van der Waals surface area contributed by atoms with Crippen molar-refractivity contribution in [2.45, 2.75) is 20.4 Å². The van der Waals surface area contributed by atoms with Crippen LogP contribution in [0.2, 0.25) is 0 Å². The Hall–Kier alpha value is -3.14. The molecule has 0 saturated carbocycles. The van der Waals surface area contributed by atoms with Gasteiger partial charge in [-0.05, 0) is 26.0 Å². The second-order valence-electron chi connectivity index (χ2n) is 5.55. The summed E-state index contributed by atoms with van der Waals surface area (Å²) in [6.07, 6.45) is 0. The first-order valence-corrected chi connectivity index (χ1v) is 8.59. The molecule has 0 fully saturated rings. The quantitative estimate of drug-likeness (QED) is 0.678. The number of aromatic nitrogens is 4. The van der Waals surface area contributed by atoms with Crippen molar-refractivity contribution >= 4 is 39.2 Å². The summed E-state index contributed by atoms with van der Waals surface area (Å²) in [5, 5.41) is 13.6. The molecule has 3 aromatic rings. The van der Waals surface area contributed by atoms with Gasteiger partial charge in [-0.3, -0.25) is 14.4 Å². The number of anilines is 1. The van der Waals surface area contributed by atoms with Crippen molar-refractivity contribution in [3.63, 3.8) is 0 Å². The molecule has 26 heavy (non-hydrogen) atoms. The van der Waals surface area contributed by atoms with Crippen molar-refractivity contribution in [1.82, 2.24) is 25.3 Å². The maximum absolute atomic E-state index is 12.3. The fraction of sp³-hybridized carbons (Fsp3) is 0.250. The molecule has 2 aromatic heterocycles. The molecule has 2 amide bonds. The van der Waals surface area contributed by atoms with Gasteiger partial charge in [-0.2, -0.15) is 0 Å². The minimum absolute atomic E-state index is 0.230. The SMILES string of the molecule is Cc1nc(NC(=O)CNC(=O)Cn2nnc3ccccc3c2=O)sc1C. The minimum atomic E-state index is -0.515. The number of aryl methyl sites for hydroxylation is 2. The molecular weight excluding hydrogens is 356 g/mol. The third kappa shape index (κ3) is 3.91. The first kappa shape index (κ1) is 17.7. The highest BCUT2D eigenvalue weighted by atomic mass is 32.1. The van der Waals surface area contributed by atoms with E-state index in [9.17, 15) is 14.4 Å². The lowest BCUT2D eigenvalue weighted by Gasteiger charge is -2.06. The zero-order chi connectivity index (χ0) is 18.7. The lowest BCUT2D eigenvalue weighted by Crippen LogP contribution is -2.38. The van der Waals surface area contributed by atoms with Gasteiger partial charge in [-0.15, -0.1) is 16.4 Å². The maximum atomic E-state index is 12.3. The van der Waals surface area contributed by atoms with E-state index in [1.165, 1.54) is 11.3 Å². The molecule has 0 atom stereocenters. The fourth-order valence-electron chi connectivity index (χ4n) is 2.19. The Morgan fingerprint density at radius 3 is 2.69 bits per heavy atom. The summed E-state index contributed by atoms with van der Waals surface area (Å²) in [4.78, 5) is 41.3. The highest BCUT2D eigenvalue weighted by Gasteiger charge is 2.12. The molecule has 0 saturated heterocycles. The molecule has 0 unspecified atom stereocenters. The van der Waals surface area contributed by atoms with Crippen LogP contribution in [0.15, 0.2) is 29.1 Å². The van der Waals surface area contributed by atoms with Gasteiger partial charge in [0.1, 0.15) is 12.1 Å². The summed E-state index contributed by atoms with van der Waals surface area (Å²) < 4.78 is 0.961. The van der Waals surface area contributed by atoms with E-state index in [-0.39, 0.29) is 13.1 Å². The number of nitrogens with one attached hydrogen (secondary N) is 2. The molecule has 0 aliphatic carbocycles. The number of rotatable bonds is 5. The lowest BCUT2D eigenvalue weighted by atomic mass is 10.2. The average Bonchev–Trinajstić information content (AvgIpc) is 2.93. The number of carbonyl (C=O) groups is 2. The summed E-state index contributed by atoms with van der Waals surface area (Å²) in [5.41, 5.74) is 0.898. The van der Waals surface area contributed by atoms with Crippen molar-refractivity contribution in [2.24, 2.45) is 0 Å². The van der Waals surface area contributed by atoms with E-state index in [0.29, 0.717) is 16.0 Å². The van der Waals surface area contributed by atoms with Crippen LogP contribution in [0, 0.1) is 13.8 Å². The lowest BCUT2D eigenvalue weighted by molar-refractivity contribution is -0.124. The number of thiazole rings is 1. The van der Waals surface area contributed by atoms with Crippen LogP contribution in [0.4, 0.5) is 5.13 Å². The molecule has 3 rings (SSSR count). The largest absolute Gasteiger partial charge is 0.345 e. The predicted molar refractivity (Wildman–Crippen MR) is 97.0 cm³/mol. The third-order valence-electron chi connectivity index (χ3n) is 3.64. The molecule has 2 N–H and O–H groups in total. The van der Waals surface area contributed by atoms with Crippen molar-refractivity contribution in [2.75, 3.05) is 11.9 Å². The van der Waals surface area contributed by atoms with Crippen LogP contribution >= 0.6 is 11.3 Å². The maximum Gasteiger partial charge on any atom is 0.278 e. The van der Waals surface area contributed by atoms with Crippen molar-refractivity contribution in [1.29, 1.82) is 0 Å². The molecule has 2 heterocycles. The summed E-state index contributed by atoms with van der Waals surface area (Å²) in [5.74, 6) is -0.914. The van der Waals surface area contributed by atoms with Crippen LogP contribution in [0.5, 0.6) is 0 Å². The van der Waals surface area contributed by atoms with Gasteiger partial charge in [0.25, 0.3) is 5.56 Å². The van der Waals surface area contributed by atoms with E-state index in [1.807, 2.05) is 13.8 Å². The van der Waals surface area contributed by atoms with Crippen LogP contribution in [0.3, 0.4) is 0 Å². The van der Waals surface area contributed by atoms with Gasteiger partial charge in [0, 0.05) is 4.88 Å². The van der Waals surface area contributed by atoms with E-state index in [4.69, 9.17) is 0 Å². The van der Waals surface area contributed by atoms with Gasteiger partial charge >= 0.3 is 0 Å². The predicted octanol–water partition coefficient (Wildman–Crippen LogP) is 0.620. The number of amides is 2. The van der Waals surface area contributed by atoms with Crippen LogP contribution in [-0.4, -0.2) is 38.3 Å². The number of hydrogen-bond donors (Lipinski definition) is 2. The molecular formula is C16H16N6O3S. The number of fused-ring (bicyclic) bond motifs is 1. The van der Waals surface area contributed by atoms with Gasteiger partial charge in [-0.25, -0.2) is 9.67 Å². The number of carbonyl (C=O) groups excluding carboxylic acids is 2. The smallest absolute Gasteiger partial charge is 0.278 e. The molecule has 1 aromatic carbocycles. The highest BCUT2D eigenvalue weighted by Crippen LogP contribution is 2.20. The standard InChI is InChI=1S/C16H16N6O3S/c1-9-10(2)26-16(18-9)19-13(23)7-17-14(24)8-22-15(25)11-5-3-4-6-12(11)20-21-22/h3-6H,7-8H2,1-2H3,(H,17,24)(H,18,19,23). The van der Waals surface area contributed by atoms with E-state index in [1.54, 1.807) is 24.3 Å². The summed E-state index contributed by atoms with van der Waals surface area (Å²) in [6.45, 7) is 3.21. The third-order valence-corrected chi connectivity index (χ3v) is 4.63. The van der Waals surface area contributed by atoms with Crippen molar-refractivity contribution < 1.29 is 9.59 Å². The van der Waals surface area contributed by atoms with Crippen LogP contribution in [0.1, 0.15) is 10.6 Å². The Bertz CT molecular complexity index is 1020. The highest BCUT2D eigenvalue weighted by molar-refractivity contribution is 7.15. The zero-order valence-corrected chi connectivity index (χ0v) is 15.0. The van der Waals surface area contributed by atoms with Gasteiger partial charge in [0.15, 0.2) is 5.13 Å². The Kier molecular flexibility index (Phi) is 5.03. The van der Waals surface area contributed by atoms with Gasteiger partial charge in [0.05, 0.1) is 17.6 Å². The molecule has 0 radical (unpaired) electrons. The molecule has 10 heteroatoms. The monoisotopic (exact) mass is 372 g/mol.